The van der Waals surface area contributed by atoms with E-state index in [-0.39, 0.29) is 44.2 Å². The molecule has 0 spiro atoms. The van der Waals surface area contributed by atoms with Crippen LogP contribution >= 0.6 is 0 Å². The number of nitrogens with one attached hydrogen (secondary N) is 3. The molecular formula is C20H40N6O5. The van der Waals surface area contributed by atoms with Gasteiger partial charge < -0.3 is 38.3 Å². The van der Waals surface area contributed by atoms with Gasteiger partial charge in [0.05, 0.1) is 6.04 Å². The first-order chi connectivity index (χ1) is 14.4. The first-order valence-electron chi connectivity index (χ1n) is 10.7. The number of amides is 3. The van der Waals surface area contributed by atoms with Crippen LogP contribution < -0.4 is 33.2 Å². The van der Waals surface area contributed by atoms with Gasteiger partial charge in [0, 0.05) is 0 Å². The molecule has 0 saturated heterocycles. The van der Waals surface area contributed by atoms with Crippen LogP contribution in [0.3, 0.4) is 0 Å². The van der Waals surface area contributed by atoms with E-state index >= 15 is 0 Å². The molecule has 31 heavy (non-hydrogen) atoms. The minimum Gasteiger partial charge on any atom is -0.480 e. The minimum absolute atomic E-state index is 0.0446. The van der Waals surface area contributed by atoms with Crippen LogP contribution in [0.2, 0.25) is 0 Å². The molecular weight excluding hydrogens is 404 g/mol. The lowest BCUT2D eigenvalue weighted by Crippen LogP contribution is -2.57. The molecule has 0 bridgehead atoms. The fraction of sp³-hybridized carbons (Fsp3) is 0.800. The molecule has 0 rings (SSSR count). The summed E-state index contributed by atoms with van der Waals surface area (Å²) in [6.07, 6.45) is 0.938. The first kappa shape index (κ1) is 28.8. The molecule has 0 aromatic heterocycles. The fourth-order valence-electron chi connectivity index (χ4n) is 3.00. The quantitative estimate of drug-likeness (QED) is 0.160. The number of hydrogen-bond acceptors (Lipinski definition) is 7. The largest absolute Gasteiger partial charge is 0.480 e. The molecule has 0 aromatic carbocycles. The summed E-state index contributed by atoms with van der Waals surface area (Å²) < 4.78 is 0. The van der Waals surface area contributed by atoms with E-state index in [1.54, 1.807) is 0 Å². The Balaban J connectivity index is 5.23. The van der Waals surface area contributed by atoms with E-state index in [0.29, 0.717) is 6.42 Å². The average molecular weight is 445 g/mol. The van der Waals surface area contributed by atoms with Crippen LogP contribution in [0.1, 0.15) is 53.4 Å². The van der Waals surface area contributed by atoms with Gasteiger partial charge in [-0.2, -0.15) is 0 Å². The van der Waals surface area contributed by atoms with E-state index in [1.807, 2.05) is 27.7 Å². The Morgan fingerprint density at radius 3 is 1.45 bits per heavy atom. The van der Waals surface area contributed by atoms with E-state index in [4.69, 9.17) is 17.2 Å². The second-order valence-electron chi connectivity index (χ2n) is 8.54. The van der Waals surface area contributed by atoms with Crippen molar-refractivity contribution in [3.8, 4) is 0 Å². The number of carbonyl (C=O) groups excluding carboxylic acids is 3. The summed E-state index contributed by atoms with van der Waals surface area (Å²) in [7, 11) is 0. The summed E-state index contributed by atoms with van der Waals surface area (Å²) in [4.78, 5) is 49.1. The van der Waals surface area contributed by atoms with Gasteiger partial charge in [-0.15, -0.1) is 0 Å². The van der Waals surface area contributed by atoms with E-state index < -0.39 is 47.9 Å². The molecule has 0 aromatic rings. The number of carbonyl (C=O) groups is 4. The fourth-order valence-corrected chi connectivity index (χ4v) is 3.00. The Labute approximate surface area is 184 Å². The van der Waals surface area contributed by atoms with Crippen molar-refractivity contribution < 1.29 is 24.3 Å². The van der Waals surface area contributed by atoms with Gasteiger partial charge in [-0.05, 0) is 50.6 Å². The predicted molar refractivity (Wildman–Crippen MR) is 118 cm³/mol. The highest BCUT2D eigenvalue weighted by atomic mass is 16.4. The Kier molecular flexibility index (Phi) is 13.6. The summed E-state index contributed by atoms with van der Waals surface area (Å²) in [5.74, 6) is -2.66. The van der Waals surface area contributed by atoms with Gasteiger partial charge in [0.2, 0.25) is 17.7 Å². The van der Waals surface area contributed by atoms with Crippen LogP contribution in [0.15, 0.2) is 0 Å². The second-order valence-corrected chi connectivity index (χ2v) is 8.54. The van der Waals surface area contributed by atoms with Gasteiger partial charge in [0.1, 0.15) is 18.1 Å². The van der Waals surface area contributed by atoms with E-state index in [1.165, 1.54) is 0 Å². The second kappa shape index (κ2) is 14.7. The monoisotopic (exact) mass is 444 g/mol. The molecule has 10 N–H and O–H groups in total. The third-order valence-corrected chi connectivity index (χ3v) is 4.56. The summed E-state index contributed by atoms with van der Waals surface area (Å²) in [5.41, 5.74) is 17.0. The van der Waals surface area contributed by atoms with E-state index in [9.17, 15) is 24.3 Å². The number of nitrogens with two attached hydrogens (primary N) is 3. The Morgan fingerprint density at radius 2 is 1.10 bits per heavy atom. The molecule has 0 unspecified atom stereocenters. The Bertz CT molecular complexity index is 599. The lowest BCUT2D eigenvalue weighted by atomic mass is 10.0. The standard InChI is InChI=1S/C20H40N6O5/c1-11(2)9-13(23)17(27)24-14(5-7-21)18(28)25-15(6-8-22)19(29)26-16(20(30)31)10-12(3)4/h11-16H,5-10,21-23H2,1-4H3,(H,24,27)(H,25,28)(H,26,29)(H,30,31)/t13-,14-,15-,16-/m0/s1. The zero-order valence-electron chi connectivity index (χ0n) is 19.0. The van der Waals surface area contributed by atoms with Gasteiger partial charge in [-0.25, -0.2) is 4.79 Å². The first-order valence-corrected chi connectivity index (χ1v) is 10.7. The summed E-state index contributed by atoms with van der Waals surface area (Å²) in [6, 6.07) is -3.88. The van der Waals surface area contributed by atoms with Crippen molar-refractivity contribution in [2.45, 2.75) is 77.5 Å². The molecule has 0 fully saturated rings. The lowest BCUT2D eigenvalue weighted by molar-refractivity contribution is -0.142. The van der Waals surface area contributed by atoms with Crippen molar-refractivity contribution in [2.24, 2.45) is 29.0 Å². The Morgan fingerprint density at radius 1 is 0.710 bits per heavy atom. The van der Waals surface area contributed by atoms with Gasteiger partial charge in [0.15, 0.2) is 0 Å². The van der Waals surface area contributed by atoms with Crippen LogP contribution in [0.5, 0.6) is 0 Å². The molecule has 0 radical (unpaired) electrons. The summed E-state index contributed by atoms with van der Waals surface area (Å²) >= 11 is 0. The molecule has 11 nitrogen and oxygen atoms in total. The normalized spacial score (nSPS) is 15.1. The van der Waals surface area contributed by atoms with Crippen molar-refractivity contribution in [3.63, 3.8) is 0 Å². The van der Waals surface area contributed by atoms with Crippen molar-refractivity contribution in [1.82, 2.24) is 16.0 Å². The number of hydrogen-bond donors (Lipinski definition) is 7. The zero-order valence-corrected chi connectivity index (χ0v) is 19.0. The SMILES string of the molecule is CC(C)C[C@H](NC(=O)[C@H](CCN)NC(=O)[C@H](CCN)NC(=O)[C@@H](N)CC(C)C)C(=O)O. The van der Waals surface area contributed by atoms with Gasteiger partial charge in [0.25, 0.3) is 0 Å². The maximum Gasteiger partial charge on any atom is 0.326 e. The topological polar surface area (TPSA) is 203 Å². The van der Waals surface area contributed by atoms with Crippen molar-refractivity contribution in [3.05, 3.63) is 0 Å². The maximum absolute atomic E-state index is 12.7. The van der Waals surface area contributed by atoms with Crippen molar-refractivity contribution in [2.75, 3.05) is 13.1 Å². The molecule has 3 amide bonds. The number of rotatable bonds is 15. The molecule has 0 heterocycles. The van der Waals surface area contributed by atoms with Crippen LogP contribution in [0, 0.1) is 11.8 Å². The van der Waals surface area contributed by atoms with Crippen molar-refractivity contribution >= 4 is 23.7 Å². The van der Waals surface area contributed by atoms with Gasteiger partial charge in [-0.1, -0.05) is 27.7 Å². The van der Waals surface area contributed by atoms with Gasteiger partial charge >= 0.3 is 5.97 Å². The smallest absolute Gasteiger partial charge is 0.326 e. The molecule has 0 aliphatic heterocycles. The zero-order chi connectivity index (χ0) is 24.1. The third-order valence-electron chi connectivity index (χ3n) is 4.56. The number of aliphatic carboxylic acids is 1. The van der Waals surface area contributed by atoms with Crippen molar-refractivity contribution in [1.29, 1.82) is 0 Å². The third kappa shape index (κ3) is 11.7. The molecule has 0 aliphatic carbocycles. The highest BCUT2D eigenvalue weighted by Crippen LogP contribution is 2.07. The summed E-state index contributed by atoms with van der Waals surface area (Å²) in [6.45, 7) is 7.75. The van der Waals surface area contributed by atoms with Crippen LogP contribution in [-0.4, -0.2) is 66.1 Å². The Hall–Kier alpha value is -2.24. The number of carboxylic acid groups (broad SMARTS) is 1. The average Bonchev–Trinajstić information content (AvgIpc) is 2.65. The predicted octanol–water partition coefficient (Wildman–Crippen LogP) is -1.36. The maximum atomic E-state index is 12.7. The minimum atomic E-state index is -1.16. The highest BCUT2D eigenvalue weighted by molar-refractivity contribution is 5.94. The van der Waals surface area contributed by atoms with E-state index in [0.717, 1.165) is 0 Å². The lowest BCUT2D eigenvalue weighted by Gasteiger charge is -2.25. The number of carboxylic acids is 1. The van der Waals surface area contributed by atoms with Crippen LogP contribution in [0.25, 0.3) is 0 Å². The summed E-state index contributed by atoms with van der Waals surface area (Å²) in [5, 5.41) is 16.9. The van der Waals surface area contributed by atoms with Crippen LogP contribution in [-0.2, 0) is 19.2 Å². The molecule has 180 valence electrons. The molecule has 0 aliphatic rings. The molecule has 0 saturated carbocycles. The van der Waals surface area contributed by atoms with Crippen LogP contribution in [0.4, 0.5) is 0 Å². The van der Waals surface area contributed by atoms with Gasteiger partial charge in [-0.3, -0.25) is 14.4 Å². The molecule has 4 atom stereocenters. The molecule has 11 heteroatoms. The highest BCUT2D eigenvalue weighted by Gasteiger charge is 2.30. The van der Waals surface area contributed by atoms with E-state index in [2.05, 4.69) is 16.0 Å².